The van der Waals surface area contributed by atoms with Crippen molar-refractivity contribution in [2.24, 2.45) is 0 Å². The van der Waals surface area contributed by atoms with Crippen molar-refractivity contribution in [1.29, 1.82) is 0 Å². The minimum atomic E-state index is -0.318. The molecule has 1 amide bonds. The number of nitrogens with one attached hydrogen (secondary N) is 1. The van der Waals surface area contributed by atoms with Gasteiger partial charge in [-0.25, -0.2) is 4.98 Å². The summed E-state index contributed by atoms with van der Waals surface area (Å²) < 4.78 is 12.0. The quantitative estimate of drug-likeness (QED) is 0.617. The van der Waals surface area contributed by atoms with Crippen molar-refractivity contribution in [3.05, 3.63) is 71.3 Å². The van der Waals surface area contributed by atoms with Crippen LogP contribution >= 0.6 is 11.8 Å². The second kappa shape index (κ2) is 9.09. The van der Waals surface area contributed by atoms with Gasteiger partial charge in [-0.3, -0.25) is 14.2 Å². The SMILES string of the molecule is COc1ccccc1NC(=O)CSc1nccn(-c2ccccc2OC)c1=O. The van der Waals surface area contributed by atoms with E-state index in [1.807, 2.05) is 18.2 Å². The molecule has 1 heterocycles. The standard InChI is InChI=1S/C20H19N3O4S/c1-26-16-9-5-3-7-14(16)22-18(24)13-28-19-20(25)23(12-11-21-19)15-8-4-6-10-17(15)27-2/h3-12H,13H2,1-2H3,(H,22,24). The van der Waals surface area contributed by atoms with Gasteiger partial charge in [0.1, 0.15) is 11.5 Å². The molecule has 0 aliphatic heterocycles. The average molecular weight is 397 g/mol. The second-order valence-corrected chi connectivity index (χ2v) is 6.58. The Morgan fingerprint density at radius 3 is 2.50 bits per heavy atom. The Hall–Kier alpha value is -3.26. The van der Waals surface area contributed by atoms with E-state index in [9.17, 15) is 9.59 Å². The van der Waals surface area contributed by atoms with E-state index in [4.69, 9.17) is 9.47 Å². The Labute approximate surface area is 166 Å². The van der Waals surface area contributed by atoms with Crippen molar-refractivity contribution in [3.63, 3.8) is 0 Å². The molecular weight excluding hydrogens is 378 g/mol. The Morgan fingerprint density at radius 1 is 1.07 bits per heavy atom. The number of amides is 1. The highest BCUT2D eigenvalue weighted by Crippen LogP contribution is 2.24. The zero-order valence-corrected chi connectivity index (χ0v) is 16.2. The summed E-state index contributed by atoms with van der Waals surface area (Å²) in [6, 6.07) is 14.3. The van der Waals surface area contributed by atoms with Gasteiger partial charge in [0.2, 0.25) is 5.91 Å². The fraction of sp³-hybridized carbons (Fsp3) is 0.150. The van der Waals surface area contributed by atoms with Crippen LogP contribution in [0.5, 0.6) is 11.5 Å². The van der Waals surface area contributed by atoms with Gasteiger partial charge in [0.15, 0.2) is 5.03 Å². The third-order valence-electron chi connectivity index (χ3n) is 3.88. The lowest BCUT2D eigenvalue weighted by atomic mass is 10.3. The lowest BCUT2D eigenvalue weighted by molar-refractivity contribution is -0.113. The van der Waals surface area contributed by atoms with Crippen LogP contribution in [0, 0.1) is 0 Å². The van der Waals surface area contributed by atoms with Gasteiger partial charge in [-0.2, -0.15) is 0 Å². The van der Waals surface area contributed by atoms with Crippen molar-refractivity contribution in [3.8, 4) is 17.2 Å². The van der Waals surface area contributed by atoms with Crippen LogP contribution in [0.4, 0.5) is 5.69 Å². The second-order valence-electron chi connectivity index (χ2n) is 5.62. The van der Waals surface area contributed by atoms with Crippen molar-refractivity contribution in [2.45, 2.75) is 5.03 Å². The van der Waals surface area contributed by atoms with E-state index in [2.05, 4.69) is 10.3 Å². The number of benzene rings is 2. The number of carbonyl (C=O) groups excluding carboxylic acids is 1. The van der Waals surface area contributed by atoms with Gasteiger partial charge in [-0.15, -0.1) is 0 Å². The maximum atomic E-state index is 12.8. The third kappa shape index (κ3) is 4.34. The van der Waals surface area contributed by atoms with Crippen LogP contribution in [0.1, 0.15) is 0 Å². The predicted molar refractivity (Wildman–Crippen MR) is 109 cm³/mol. The summed E-state index contributed by atoms with van der Waals surface area (Å²) in [5.74, 6) is 0.914. The molecule has 0 bridgehead atoms. The fourth-order valence-electron chi connectivity index (χ4n) is 2.58. The van der Waals surface area contributed by atoms with Gasteiger partial charge in [0.25, 0.3) is 5.56 Å². The van der Waals surface area contributed by atoms with Gasteiger partial charge in [0.05, 0.1) is 31.3 Å². The molecule has 0 fully saturated rings. The number of aromatic nitrogens is 2. The molecule has 0 aliphatic carbocycles. The molecule has 0 atom stereocenters. The molecule has 0 saturated heterocycles. The predicted octanol–water partition coefficient (Wildman–Crippen LogP) is 2.98. The maximum absolute atomic E-state index is 12.8. The summed E-state index contributed by atoms with van der Waals surface area (Å²) in [6.45, 7) is 0. The van der Waals surface area contributed by atoms with E-state index in [1.165, 1.54) is 17.9 Å². The number of nitrogens with zero attached hydrogens (tertiary/aromatic N) is 2. The van der Waals surface area contributed by atoms with Gasteiger partial charge in [-0.05, 0) is 24.3 Å². The fourth-order valence-corrected chi connectivity index (χ4v) is 3.28. The normalized spacial score (nSPS) is 10.4. The minimum Gasteiger partial charge on any atom is -0.495 e. The van der Waals surface area contributed by atoms with Crippen LogP contribution in [0.15, 0.2) is 70.7 Å². The highest BCUT2D eigenvalue weighted by Gasteiger charge is 2.13. The molecule has 0 aliphatic rings. The molecule has 144 valence electrons. The first-order chi connectivity index (χ1) is 13.6. The number of hydrogen-bond donors (Lipinski definition) is 1. The number of anilines is 1. The van der Waals surface area contributed by atoms with Gasteiger partial charge >= 0.3 is 0 Å². The summed E-state index contributed by atoms with van der Waals surface area (Å²) in [4.78, 5) is 29.2. The number of carbonyl (C=O) groups is 1. The van der Waals surface area contributed by atoms with E-state index in [1.54, 1.807) is 43.6 Å². The van der Waals surface area contributed by atoms with Crippen LogP contribution in [-0.2, 0) is 4.79 Å². The van der Waals surface area contributed by atoms with E-state index in [0.717, 1.165) is 11.8 Å². The number of methoxy groups -OCH3 is 2. The number of ether oxygens (including phenoxy) is 2. The van der Waals surface area contributed by atoms with E-state index < -0.39 is 0 Å². The van der Waals surface area contributed by atoms with Gasteiger partial charge in [0, 0.05) is 12.4 Å². The van der Waals surface area contributed by atoms with Crippen LogP contribution < -0.4 is 20.3 Å². The first kappa shape index (κ1) is 19.5. The maximum Gasteiger partial charge on any atom is 0.287 e. The van der Waals surface area contributed by atoms with Crippen molar-refractivity contribution >= 4 is 23.4 Å². The highest BCUT2D eigenvalue weighted by atomic mass is 32.2. The van der Waals surface area contributed by atoms with Crippen LogP contribution in [0.25, 0.3) is 5.69 Å². The van der Waals surface area contributed by atoms with Crippen molar-refractivity contribution in [1.82, 2.24) is 9.55 Å². The van der Waals surface area contributed by atoms with E-state index in [-0.39, 0.29) is 22.2 Å². The van der Waals surface area contributed by atoms with Crippen molar-refractivity contribution in [2.75, 3.05) is 25.3 Å². The van der Waals surface area contributed by atoms with Crippen molar-refractivity contribution < 1.29 is 14.3 Å². The Morgan fingerprint density at radius 2 is 1.75 bits per heavy atom. The smallest absolute Gasteiger partial charge is 0.287 e. The van der Waals surface area contributed by atoms with Crippen LogP contribution in [0.3, 0.4) is 0 Å². The molecule has 0 unspecified atom stereocenters. The molecule has 1 aromatic heterocycles. The largest absolute Gasteiger partial charge is 0.495 e. The molecule has 7 nitrogen and oxygen atoms in total. The molecule has 0 spiro atoms. The van der Waals surface area contributed by atoms with Crippen LogP contribution in [-0.4, -0.2) is 35.4 Å². The molecular formula is C20H19N3O4S. The number of hydrogen-bond acceptors (Lipinski definition) is 6. The summed E-state index contributed by atoms with van der Waals surface area (Å²) in [5, 5.41) is 3.00. The topological polar surface area (TPSA) is 82.4 Å². The summed E-state index contributed by atoms with van der Waals surface area (Å²) in [5.41, 5.74) is 0.864. The van der Waals surface area contributed by atoms with Crippen LogP contribution in [0.2, 0.25) is 0 Å². The molecule has 0 saturated carbocycles. The summed E-state index contributed by atoms with van der Waals surface area (Å²) in [7, 11) is 3.08. The molecule has 2 aromatic carbocycles. The van der Waals surface area contributed by atoms with E-state index >= 15 is 0 Å². The third-order valence-corrected chi connectivity index (χ3v) is 4.84. The lowest BCUT2D eigenvalue weighted by Crippen LogP contribution is -2.22. The number of rotatable bonds is 7. The Bertz CT molecular complexity index is 1040. The molecule has 28 heavy (non-hydrogen) atoms. The minimum absolute atomic E-state index is 0.0379. The lowest BCUT2D eigenvalue weighted by Gasteiger charge is -2.11. The van der Waals surface area contributed by atoms with Gasteiger partial charge in [-0.1, -0.05) is 36.0 Å². The first-order valence-corrected chi connectivity index (χ1v) is 9.39. The molecule has 0 radical (unpaired) electrons. The summed E-state index contributed by atoms with van der Waals surface area (Å²) >= 11 is 1.07. The molecule has 3 rings (SSSR count). The zero-order chi connectivity index (χ0) is 19.9. The first-order valence-electron chi connectivity index (χ1n) is 8.40. The molecule has 3 aromatic rings. The average Bonchev–Trinajstić information content (AvgIpc) is 2.73. The van der Waals surface area contributed by atoms with Gasteiger partial charge < -0.3 is 14.8 Å². The molecule has 8 heteroatoms. The number of para-hydroxylation sites is 4. The van der Waals surface area contributed by atoms with E-state index in [0.29, 0.717) is 22.9 Å². The molecule has 1 N–H and O–H groups in total. The monoisotopic (exact) mass is 397 g/mol. The Kier molecular flexibility index (Phi) is 6.33. The zero-order valence-electron chi connectivity index (χ0n) is 15.4. The highest BCUT2D eigenvalue weighted by molar-refractivity contribution is 7.99. The Balaban J connectivity index is 1.75. The summed E-state index contributed by atoms with van der Waals surface area (Å²) in [6.07, 6.45) is 3.09. The number of thioether (sulfide) groups is 1.